The van der Waals surface area contributed by atoms with Gasteiger partial charge in [0.1, 0.15) is 0 Å². The number of carbonyl (C=O) groups excluding carboxylic acids is 1. The summed E-state index contributed by atoms with van der Waals surface area (Å²) in [5.41, 5.74) is 0. The highest BCUT2D eigenvalue weighted by atomic mass is 19.1. The Kier molecular flexibility index (Phi) is 2.43. The number of aromatic nitrogens is 2. The van der Waals surface area contributed by atoms with Crippen molar-refractivity contribution in [1.29, 1.82) is 0 Å². The van der Waals surface area contributed by atoms with Gasteiger partial charge in [-0.3, -0.25) is 4.79 Å². The van der Waals surface area contributed by atoms with Crippen LogP contribution in [-0.4, -0.2) is 16.3 Å². The Morgan fingerprint density at radius 3 is 2.64 bits per heavy atom. The van der Waals surface area contributed by atoms with Crippen molar-refractivity contribution in [3.63, 3.8) is 0 Å². The molecule has 11 heavy (non-hydrogen) atoms. The van der Waals surface area contributed by atoms with Crippen LogP contribution in [-0.2, 0) is 4.79 Å². The summed E-state index contributed by atoms with van der Waals surface area (Å²) in [7, 11) is 0. The van der Waals surface area contributed by atoms with E-state index in [0.29, 0.717) is 0 Å². The predicted octanol–water partition coefficient (Wildman–Crippen LogP) is 0.986. The number of allylic oxidation sites excluding steroid dienone is 1. The van der Waals surface area contributed by atoms with E-state index in [-0.39, 0.29) is 12.1 Å². The van der Waals surface area contributed by atoms with Crippen LogP contribution in [0.15, 0.2) is 24.3 Å². The van der Waals surface area contributed by atoms with Crippen LogP contribution in [0.1, 0.15) is 5.82 Å². The lowest BCUT2D eigenvalue weighted by atomic mass is 10.4. The summed E-state index contributed by atoms with van der Waals surface area (Å²) in [4.78, 5) is 17.2. The van der Waals surface area contributed by atoms with Crippen LogP contribution >= 0.6 is 0 Å². The van der Waals surface area contributed by atoms with Crippen molar-refractivity contribution >= 4 is 12.4 Å². The molecule has 1 aromatic heterocycles. The Balaban J connectivity index is 2.87. The summed E-state index contributed by atoms with van der Waals surface area (Å²) in [6, 6.07) is 1.61. The molecule has 0 amide bonds. The highest BCUT2D eigenvalue weighted by Gasteiger charge is 1.92. The first-order valence-corrected chi connectivity index (χ1v) is 2.92. The smallest absolute Gasteiger partial charge is 0.178 e. The Morgan fingerprint density at radius 1 is 1.45 bits per heavy atom. The first-order chi connectivity index (χ1) is 5.33. The molecule has 3 nitrogen and oxygen atoms in total. The second-order valence-corrected chi connectivity index (χ2v) is 1.75. The highest BCUT2D eigenvalue weighted by Crippen LogP contribution is 1.98. The average molecular weight is 152 g/mol. The molecular formula is C7H5FN2O. The lowest BCUT2D eigenvalue weighted by Crippen LogP contribution is -1.85. The van der Waals surface area contributed by atoms with Gasteiger partial charge < -0.3 is 0 Å². The molecule has 0 fully saturated rings. The van der Waals surface area contributed by atoms with Crippen LogP contribution in [0.3, 0.4) is 0 Å². The van der Waals surface area contributed by atoms with E-state index in [1.807, 2.05) is 0 Å². The topological polar surface area (TPSA) is 42.9 Å². The van der Waals surface area contributed by atoms with Gasteiger partial charge in [0.05, 0.1) is 0 Å². The van der Waals surface area contributed by atoms with E-state index < -0.39 is 5.83 Å². The van der Waals surface area contributed by atoms with Gasteiger partial charge in [-0.05, 0) is 6.07 Å². The van der Waals surface area contributed by atoms with E-state index in [9.17, 15) is 9.18 Å². The number of nitrogens with zero attached hydrogens (tertiary/aromatic N) is 2. The standard InChI is InChI=1S/C7H5FN2O/c8-6(5-11)4-7-9-2-1-3-10-7/h1-5H. The van der Waals surface area contributed by atoms with Gasteiger partial charge in [0.25, 0.3) is 0 Å². The molecule has 0 atom stereocenters. The normalized spacial score (nSPS) is 11.2. The number of rotatable bonds is 2. The van der Waals surface area contributed by atoms with Gasteiger partial charge in [-0.25, -0.2) is 14.4 Å². The monoisotopic (exact) mass is 152 g/mol. The van der Waals surface area contributed by atoms with Gasteiger partial charge in [0, 0.05) is 18.5 Å². The molecule has 0 aliphatic heterocycles. The SMILES string of the molecule is O=CC(F)=Cc1ncccn1. The van der Waals surface area contributed by atoms with Crippen molar-refractivity contribution in [2.75, 3.05) is 0 Å². The Hall–Kier alpha value is -1.58. The largest absolute Gasteiger partial charge is 0.295 e. The Morgan fingerprint density at radius 2 is 2.09 bits per heavy atom. The molecule has 0 aliphatic carbocycles. The van der Waals surface area contributed by atoms with Gasteiger partial charge in [0.15, 0.2) is 17.9 Å². The van der Waals surface area contributed by atoms with Crippen LogP contribution < -0.4 is 0 Å². The summed E-state index contributed by atoms with van der Waals surface area (Å²) in [5.74, 6) is -0.687. The summed E-state index contributed by atoms with van der Waals surface area (Å²) in [6.07, 6.45) is 4.01. The van der Waals surface area contributed by atoms with Gasteiger partial charge in [-0.1, -0.05) is 0 Å². The van der Waals surface area contributed by atoms with Crippen LogP contribution in [0, 0.1) is 0 Å². The fraction of sp³-hybridized carbons (Fsp3) is 0. The molecule has 0 bridgehead atoms. The first kappa shape index (κ1) is 7.53. The van der Waals surface area contributed by atoms with Crippen molar-refractivity contribution in [2.24, 2.45) is 0 Å². The van der Waals surface area contributed by atoms with Crippen molar-refractivity contribution in [2.45, 2.75) is 0 Å². The maximum atomic E-state index is 12.2. The first-order valence-electron chi connectivity index (χ1n) is 2.92. The molecule has 1 aromatic rings. The van der Waals surface area contributed by atoms with E-state index in [0.717, 1.165) is 6.08 Å². The minimum absolute atomic E-state index is 0.107. The van der Waals surface area contributed by atoms with Gasteiger partial charge in [0.2, 0.25) is 0 Å². The number of hydrogen-bond acceptors (Lipinski definition) is 3. The number of halogens is 1. The molecule has 56 valence electrons. The van der Waals surface area contributed by atoms with Crippen LogP contribution in [0.25, 0.3) is 6.08 Å². The lowest BCUT2D eigenvalue weighted by molar-refractivity contribution is -0.106. The number of carbonyl (C=O) groups is 1. The highest BCUT2D eigenvalue weighted by molar-refractivity contribution is 5.77. The number of hydrogen-bond donors (Lipinski definition) is 0. The fourth-order valence-electron chi connectivity index (χ4n) is 0.543. The molecule has 0 N–H and O–H groups in total. The third-order valence-electron chi connectivity index (χ3n) is 0.965. The van der Waals surface area contributed by atoms with Crippen molar-refractivity contribution < 1.29 is 9.18 Å². The molecule has 1 heterocycles. The zero-order valence-corrected chi connectivity index (χ0v) is 5.57. The van der Waals surface area contributed by atoms with Gasteiger partial charge in [-0.15, -0.1) is 0 Å². The maximum absolute atomic E-state index is 12.2. The second kappa shape index (κ2) is 3.55. The average Bonchev–Trinajstić information content (AvgIpc) is 2.06. The maximum Gasteiger partial charge on any atom is 0.178 e. The van der Waals surface area contributed by atoms with Crippen LogP contribution in [0.2, 0.25) is 0 Å². The molecule has 1 rings (SSSR count). The molecule has 0 spiro atoms. The van der Waals surface area contributed by atoms with Crippen molar-refractivity contribution in [1.82, 2.24) is 9.97 Å². The molecule has 0 saturated carbocycles. The lowest BCUT2D eigenvalue weighted by Gasteiger charge is -1.87. The van der Waals surface area contributed by atoms with Crippen LogP contribution in [0.5, 0.6) is 0 Å². The number of aldehydes is 1. The molecular weight excluding hydrogens is 147 g/mol. The fourth-order valence-corrected chi connectivity index (χ4v) is 0.543. The van der Waals surface area contributed by atoms with E-state index >= 15 is 0 Å². The molecule has 4 heteroatoms. The molecule has 0 aliphatic rings. The minimum atomic E-state index is -0.879. The van der Waals surface area contributed by atoms with E-state index in [2.05, 4.69) is 9.97 Å². The van der Waals surface area contributed by atoms with Crippen LogP contribution in [0.4, 0.5) is 4.39 Å². The summed E-state index contributed by atoms with van der Waals surface area (Å²) in [6.45, 7) is 0. The molecule has 0 radical (unpaired) electrons. The van der Waals surface area contributed by atoms with Gasteiger partial charge in [-0.2, -0.15) is 0 Å². The quantitative estimate of drug-likeness (QED) is 0.468. The Bertz CT molecular complexity index is 271. The summed E-state index contributed by atoms with van der Waals surface area (Å²) in [5, 5.41) is 0. The predicted molar refractivity (Wildman–Crippen MR) is 37.2 cm³/mol. The van der Waals surface area contributed by atoms with Crippen molar-refractivity contribution in [3.8, 4) is 0 Å². The Labute approximate surface area is 62.6 Å². The summed E-state index contributed by atoms with van der Waals surface area (Å²) < 4.78 is 12.2. The zero-order chi connectivity index (χ0) is 8.10. The summed E-state index contributed by atoms with van der Waals surface area (Å²) >= 11 is 0. The molecule has 0 unspecified atom stereocenters. The second-order valence-electron chi connectivity index (χ2n) is 1.75. The third-order valence-corrected chi connectivity index (χ3v) is 0.965. The van der Waals surface area contributed by atoms with E-state index in [4.69, 9.17) is 0 Å². The molecule has 0 saturated heterocycles. The zero-order valence-electron chi connectivity index (χ0n) is 5.57. The molecule has 0 aromatic carbocycles. The van der Waals surface area contributed by atoms with Crippen molar-refractivity contribution in [3.05, 3.63) is 30.1 Å². The van der Waals surface area contributed by atoms with Gasteiger partial charge >= 0.3 is 0 Å². The van der Waals surface area contributed by atoms with E-state index in [1.165, 1.54) is 12.4 Å². The third kappa shape index (κ3) is 2.25. The van der Waals surface area contributed by atoms with E-state index in [1.54, 1.807) is 6.07 Å². The minimum Gasteiger partial charge on any atom is -0.295 e.